The van der Waals surface area contributed by atoms with Crippen molar-refractivity contribution in [1.29, 1.82) is 0 Å². The Labute approximate surface area is 154 Å². The Bertz CT molecular complexity index is 747. The van der Waals surface area contributed by atoms with Gasteiger partial charge in [0.1, 0.15) is 5.82 Å². The van der Waals surface area contributed by atoms with Crippen LogP contribution in [0.5, 0.6) is 0 Å². The zero-order chi connectivity index (χ0) is 17.2. The van der Waals surface area contributed by atoms with E-state index in [9.17, 15) is 9.18 Å². The van der Waals surface area contributed by atoms with Gasteiger partial charge >= 0.3 is 0 Å². The number of nitrogens with one attached hydrogen (secondary N) is 2. The minimum atomic E-state index is -0.620. The van der Waals surface area contributed by atoms with Crippen molar-refractivity contribution < 1.29 is 9.18 Å². The Morgan fingerprint density at radius 3 is 2.64 bits per heavy atom. The number of fused-ring (bicyclic) bond motifs is 1. The Kier molecular flexibility index (Phi) is 6.20. The second-order valence-electron chi connectivity index (χ2n) is 6.99. The molecule has 0 spiro atoms. The number of benzene rings is 2. The molecule has 3 nitrogen and oxygen atoms in total. The lowest BCUT2D eigenvalue weighted by molar-refractivity contribution is -0.123. The van der Waals surface area contributed by atoms with E-state index >= 15 is 0 Å². The van der Waals surface area contributed by atoms with E-state index in [1.54, 1.807) is 6.07 Å². The number of amides is 1. The first-order valence-corrected chi connectivity index (χ1v) is 8.34. The predicted octanol–water partition coefficient (Wildman–Crippen LogP) is 4.10. The first-order chi connectivity index (χ1) is 11.5. The van der Waals surface area contributed by atoms with Crippen LogP contribution in [0.3, 0.4) is 0 Å². The van der Waals surface area contributed by atoms with Crippen LogP contribution in [-0.4, -0.2) is 12.5 Å². The standard InChI is InChI=1S/C20H23FN2O.ClH/c1-20(2,12-14-6-4-3-5-7-14)19(24)23-17-9-8-15-13-22-11-10-16(15)18(17)21;/h3-9,22H,10-13H2,1-2H3,(H,23,24);1H. The van der Waals surface area contributed by atoms with Crippen LogP contribution in [0, 0.1) is 11.2 Å². The van der Waals surface area contributed by atoms with E-state index in [2.05, 4.69) is 10.6 Å². The zero-order valence-corrected chi connectivity index (χ0v) is 15.4. The summed E-state index contributed by atoms with van der Waals surface area (Å²) in [5.74, 6) is -0.461. The summed E-state index contributed by atoms with van der Waals surface area (Å²) in [6.45, 7) is 5.21. The Morgan fingerprint density at radius 1 is 1.20 bits per heavy atom. The highest BCUT2D eigenvalue weighted by atomic mass is 35.5. The number of anilines is 1. The second-order valence-corrected chi connectivity index (χ2v) is 6.99. The third-order valence-corrected chi connectivity index (χ3v) is 4.56. The first-order valence-electron chi connectivity index (χ1n) is 8.34. The second kappa shape index (κ2) is 7.98. The summed E-state index contributed by atoms with van der Waals surface area (Å²) < 4.78 is 14.7. The smallest absolute Gasteiger partial charge is 0.230 e. The molecule has 0 saturated carbocycles. The lowest BCUT2D eigenvalue weighted by atomic mass is 9.84. The molecule has 1 aliphatic heterocycles. The molecular formula is C20H24ClFN2O. The normalized spacial score (nSPS) is 13.6. The van der Waals surface area contributed by atoms with Crippen LogP contribution >= 0.6 is 12.4 Å². The molecule has 1 heterocycles. The van der Waals surface area contributed by atoms with Crippen molar-refractivity contribution in [3.05, 3.63) is 65.0 Å². The van der Waals surface area contributed by atoms with Gasteiger partial charge in [-0.1, -0.05) is 50.2 Å². The average molecular weight is 363 g/mol. The van der Waals surface area contributed by atoms with Crippen LogP contribution in [0.4, 0.5) is 10.1 Å². The number of hydrogen-bond acceptors (Lipinski definition) is 2. The van der Waals surface area contributed by atoms with Crippen molar-refractivity contribution in [2.75, 3.05) is 11.9 Å². The molecule has 0 unspecified atom stereocenters. The topological polar surface area (TPSA) is 41.1 Å². The van der Waals surface area contributed by atoms with Crippen LogP contribution in [0.15, 0.2) is 42.5 Å². The number of carbonyl (C=O) groups excluding carboxylic acids is 1. The number of halogens is 2. The van der Waals surface area contributed by atoms with Crippen molar-refractivity contribution in [1.82, 2.24) is 5.32 Å². The minimum Gasteiger partial charge on any atom is -0.323 e. The van der Waals surface area contributed by atoms with Crippen molar-refractivity contribution >= 4 is 24.0 Å². The maximum atomic E-state index is 14.7. The van der Waals surface area contributed by atoms with Gasteiger partial charge in [0.05, 0.1) is 5.69 Å². The summed E-state index contributed by atoms with van der Waals surface area (Å²) in [5.41, 5.74) is 2.44. The molecule has 0 bridgehead atoms. The summed E-state index contributed by atoms with van der Waals surface area (Å²) in [4.78, 5) is 12.7. The molecule has 2 aromatic carbocycles. The molecule has 2 aromatic rings. The number of carbonyl (C=O) groups is 1. The highest BCUT2D eigenvalue weighted by Gasteiger charge is 2.29. The zero-order valence-electron chi connectivity index (χ0n) is 14.6. The number of rotatable bonds is 4. The summed E-state index contributed by atoms with van der Waals surface area (Å²) in [7, 11) is 0. The van der Waals surface area contributed by atoms with Crippen LogP contribution in [0.1, 0.15) is 30.5 Å². The van der Waals surface area contributed by atoms with Gasteiger partial charge in [0.15, 0.2) is 0 Å². The van der Waals surface area contributed by atoms with Gasteiger partial charge in [-0.2, -0.15) is 0 Å². The van der Waals surface area contributed by atoms with Crippen LogP contribution in [0.2, 0.25) is 0 Å². The van der Waals surface area contributed by atoms with E-state index in [1.807, 2.05) is 50.2 Å². The van der Waals surface area contributed by atoms with Crippen molar-refractivity contribution in [3.8, 4) is 0 Å². The molecule has 3 rings (SSSR count). The molecule has 0 aliphatic carbocycles. The molecule has 0 aromatic heterocycles. The van der Waals surface area contributed by atoms with Gasteiger partial charge in [-0.3, -0.25) is 4.79 Å². The van der Waals surface area contributed by atoms with Crippen LogP contribution < -0.4 is 10.6 Å². The van der Waals surface area contributed by atoms with E-state index < -0.39 is 5.41 Å². The van der Waals surface area contributed by atoms with E-state index in [0.717, 1.165) is 17.7 Å². The predicted molar refractivity (Wildman–Crippen MR) is 102 cm³/mol. The monoisotopic (exact) mass is 362 g/mol. The molecule has 1 aliphatic rings. The van der Waals surface area contributed by atoms with E-state index in [4.69, 9.17) is 0 Å². The van der Waals surface area contributed by atoms with Gasteiger partial charge in [-0.15, -0.1) is 12.4 Å². The maximum absolute atomic E-state index is 14.7. The van der Waals surface area contributed by atoms with Gasteiger partial charge in [-0.25, -0.2) is 4.39 Å². The van der Waals surface area contributed by atoms with Crippen molar-refractivity contribution in [2.45, 2.75) is 33.2 Å². The highest BCUT2D eigenvalue weighted by molar-refractivity contribution is 5.95. The van der Waals surface area contributed by atoms with Gasteiger partial charge in [-0.05, 0) is 42.1 Å². The summed E-state index contributed by atoms with van der Waals surface area (Å²) >= 11 is 0. The largest absolute Gasteiger partial charge is 0.323 e. The van der Waals surface area contributed by atoms with Gasteiger partial charge in [0, 0.05) is 12.0 Å². The summed E-state index contributed by atoms with van der Waals surface area (Å²) in [5, 5.41) is 6.01. The van der Waals surface area contributed by atoms with E-state index in [1.165, 1.54) is 0 Å². The fourth-order valence-electron chi connectivity index (χ4n) is 3.11. The van der Waals surface area contributed by atoms with Crippen LogP contribution in [0.25, 0.3) is 0 Å². The first kappa shape index (κ1) is 19.4. The number of hydrogen-bond donors (Lipinski definition) is 2. The van der Waals surface area contributed by atoms with Gasteiger partial charge in [0.25, 0.3) is 0 Å². The third kappa shape index (κ3) is 4.39. The molecule has 0 saturated heterocycles. The maximum Gasteiger partial charge on any atom is 0.230 e. The highest BCUT2D eigenvalue weighted by Crippen LogP contribution is 2.28. The average Bonchev–Trinajstić information content (AvgIpc) is 2.58. The molecule has 2 N–H and O–H groups in total. The Hall–Kier alpha value is -1.91. The fraction of sp³-hybridized carbons (Fsp3) is 0.350. The van der Waals surface area contributed by atoms with Crippen molar-refractivity contribution in [3.63, 3.8) is 0 Å². The molecule has 5 heteroatoms. The lowest BCUT2D eigenvalue weighted by Crippen LogP contribution is -2.33. The van der Waals surface area contributed by atoms with Gasteiger partial charge in [0.2, 0.25) is 5.91 Å². The summed E-state index contributed by atoms with van der Waals surface area (Å²) in [6.07, 6.45) is 1.26. The third-order valence-electron chi connectivity index (χ3n) is 4.56. The quantitative estimate of drug-likeness (QED) is 0.859. The molecule has 0 fully saturated rings. The molecular weight excluding hydrogens is 339 g/mol. The van der Waals surface area contributed by atoms with Crippen LogP contribution in [-0.2, 0) is 24.2 Å². The van der Waals surface area contributed by atoms with Crippen molar-refractivity contribution in [2.24, 2.45) is 5.41 Å². The fourth-order valence-corrected chi connectivity index (χ4v) is 3.11. The lowest BCUT2D eigenvalue weighted by Gasteiger charge is -2.25. The Morgan fingerprint density at radius 2 is 1.92 bits per heavy atom. The molecule has 1 amide bonds. The Balaban J connectivity index is 0.00000225. The SMILES string of the molecule is CC(C)(Cc1ccccc1)C(=O)Nc1ccc2c(c1F)CCNC2.Cl. The molecule has 0 atom stereocenters. The van der Waals surface area contributed by atoms with E-state index in [-0.39, 0.29) is 29.8 Å². The minimum absolute atomic E-state index is 0. The van der Waals surface area contributed by atoms with Gasteiger partial charge < -0.3 is 10.6 Å². The summed E-state index contributed by atoms with van der Waals surface area (Å²) in [6, 6.07) is 13.4. The molecule has 0 radical (unpaired) electrons. The molecule has 134 valence electrons. The van der Waals surface area contributed by atoms with E-state index in [0.29, 0.717) is 24.9 Å². The molecule has 25 heavy (non-hydrogen) atoms.